The Balaban J connectivity index is 2.99. The van der Waals surface area contributed by atoms with Gasteiger partial charge in [-0.1, -0.05) is 17.7 Å². The Morgan fingerprint density at radius 2 is 2.44 bits per heavy atom. The summed E-state index contributed by atoms with van der Waals surface area (Å²) in [6.07, 6.45) is 2.92. The summed E-state index contributed by atoms with van der Waals surface area (Å²) < 4.78 is 5.73. The molecule has 7 heteroatoms. The average molecular weight is 272 g/mol. The van der Waals surface area contributed by atoms with Crippen molar-refractivity contribution in [3.8, 4) is 0 Å². The Bertz CT molecular complexity index is 513. The molecular weight excluding hydrogens is 258 g/mol. The van der Waals surface area contributed by atoms with E-state index in [2.05, 4.69) is 21.7 Å². The van der Waals surface area contributed by atoms with Crippen molar-refractivity contribution in [1.29, 1.82) is 0 Å². The molecule has 0 aromatic carbocycles. The third-order valence-corrected chi connectivity index (χ3v) is 2.58. The maximum absolute atomic E-state index is 11.8. The zero-order valence-electron chi connectivity index (χ0n) is 10.1. The van der Waals surface area contributed by atoms with Gasteiger partial charge in [0.1, 0.15) is 11.1 Å². The molecule has 1 atom stereocenters. The largest absolute Gasteiger partial charge is 0.467 e. The van der Waals surface area contributed by atoms with Crippen LogP contribution in [0.2, 0.25) is 5.02 Å². The number of carbonyl (C=O) groups is 1. The van der Waals surface area contributed by atoms with Crippen molar-refractivity contribution in [3.63, 3.8) is 0 Å². The van der Waals surface area contributed by atoms with Gasteiger partial charge < -0.3 is 10.1 Å². The van der Waals surface area contributed by atoms with Gasteiger partial charge in [0.25, 0.3) is 5.56 Å². The van der Waals surface area contributed by atoms with E-state index in [0.29, 0.717) is 5.69 Å². The van der Waals surface area contributed by atoms with Gasteiger partial charge in [-0.15, -0.1) is 6.58 Å². The van der Waals surface area contributed by atoms with E-state index in [-0.39, 0.29) is 11.6 Å². The number of halogens is 1. The van der Waals surface area contributed by atoms with Crippen molar-refractivity contribution < 1.29 is 9.53 Å². The molecule has 0 amide bonds. The van der Waals surface area contributed by atoms with Crippen molar-refractivity contribution in [2.24, 2.45) is 0 Å². The molecule has 1 aromatic heterocycles. The van der Waals surface area contributed by atoms with E-state index < -0.39 is 17.6 Å². The monoisotopic (exact) mass is 271 g/mol. The van der Waals surface area contributed by atoms with Gasteiger partial charge in [-0.25, -0.2) is 9.48 Å². The highest BCUT2D eigenvalue weighted by Crippen LogP contribution is 2.16. The first kappa shape index (κ1) is 14.2. The Morgan fingerprint density at radius 1 is 1.78 bits per heavy atom. The van der Waals surface area contributed by atoms with Crippen LogP contribution in [0.5, 0.6) is 0 Å². The summed E-state index contributed by atoms with van der Waals surface area (Å²) in [5, 5.41) is 6.64. The van der Waals surface area contributed by atoms with E-state index in [1.165, 1.54) is 24.1 Å². The van der Waals surface area contributed by atoms with E-state index in [4.69, 9.17) is 11.6 Å². The standard InChI is InChI=1S/C11H14ClN3O3/c1-4-5-15-10(16)9(12)8(6-13-15)14-7(2)11(17)18-3/h4,6-7,14H,1,5H2,2-3H3. The predicted molar refractivity (Wildman–Crippen MR) is 68.8 cm³/mol. The summed E-state index contributed by atoms with van der Waals surface area (Å²) in [6, 6.07) is -0.621. The van der Waals surface area contributed by atoms with Crippen LogP contribution in [-0.4, -0.2) is 28.9 Å². The van der Waals surface area contributed by atoms with Crippen LogP contribution in [-0.2, 0) is 16.1 Å². The first-order chi connectivity index (χ1) is 8.51. The van der Waals surface area contributed by atoms with Gasteiger partial charge in [0, 0.05) is 0 Å². The third-order valence-electron chi connectivity index (χ3n) is 2.21. The van der Waals surface area contributed by atoms with Crippen LogP contribution in [0, 0.1) is 0 Å². The summed E-state index contributed by atoms with van der Waals surface area (Å²) in [5.41, 5.74) is -0.154. The average Bonchev–Trinajstić information content (AvgIpc) is 2.37. The highest BCUT2D eigenvalue weighted by atomic mass is 35.5. The van der Waals surface area contributed by atoms with Crippen LogP contribution in [0.4, 0.5) is 5.69 Å². The molecule has 1 N–H and O–H groups in total. The van der Waals surface area contributed by atoms with Crippen LogP contribution in [0.15, 0.2) is 23.6 Å². The number of nitrogens with one attached hydrogen (secondary N) is 1. The zero-order valence-corrected chi connectivity index (χ0v) is 10.9. The molecule has 0 fully saturated rings. The number of aromatic nitrogens is 2. The molecule has 0 saturated heterocycles. The number of hydrogen-bond donors (Lipinski definition) is 1. The molecule has 0 aliphatic carbocycles. The molecule has 0 radical (unpaired) electrons. The zero-order chi connectivity index (χ0) is 13.7. The topological polar surface area (TPSA) is 73.2 Å². The SMILES string of the molecule is C=CCn1ncc(NC(C)C(=O)OC)c(Cl)c1=O. The lowest BCUT2D eigenvalue weighted by molar-refractivity contribution is -0.141. The predicted octanol–water partition coefficient (Wildman–Crippen LogP) is 1.06. The van der Waals surface area contributed by atoms with E-state index in [0.717, 1.165) is 0 Å². The number of esters is 1. The van der Waals surface area contributed by atoms with Gasteiger partial charge in [0.15, 0.2) is 0 Å². The van der Waals surface area contributed by atoms with Crippen molar-refractivity contribution in [1.82, 2.24) is 9.78 Å². The van der Waals surface area contributed by atoms with E-state index in [1.54, 1.807) is 6.92 Å². The minimum atomic E-state index is -0.621. The first-order valence-electron chi connectivity index (χ1n) is 5.22. The van der Waals surface area contributed by atoms with Crippen LogP contribution in [0.1, 0.15) is 6.92 Å². The fraction of sp³-hybridized carbons (Fsp3) is 0.364. The second-order valence-electron chi connectivity index (χ2n) is 3.54. The molecule has 1 unspecified atom stereocenters. The number of allylic oxidation sites excluding steroid dienone is 1. The molecule has 98 valence electrons. The first-order valence-corrected chi connectivity index (χ1v) is 5.60. The van der Waals surface area contributed by atoms with Crippen LogP contribution < -0.4 is 10.9 Å². The number of anilines is 1. The Labute approximate surface area is 109 Å². The number of hydrogen-bond acceptors (Lipinski definition) is 5. The number of ether oxygens (including phenoxy) is 1. The lowest BCUT2D eigenvalue weighted by Crippen LogP contribution is -2.30. The van der Waals surface area contributed by atoms with Crippen molar-refractivity contribution >= 4 is 23.3 Å². The number of nitrogens with zero attached hydrogens (tertiary/aromatic N) is 2. The Hall–Kier alpha value is -1.82. The fourth-order valence-corrected chi connectivity index (χ4v) is 1.49. The lowest BCUT2D eigenvalue weighted by Gasteiger charge is -2.14. The van der Waals surface area contributed by atoms with Crippen LogP contribution in [0.3, 0.4) is 0 Å². The van der Waals surface area contributed by atoms with E-state index in [1.807, 2.05) is 0 Å². The summed E-state index contributed by atoms with van der Waals surface area (Å²) in [7, 11) is 1.28. The summed E-state index contributed by atoms with van der Waals surface area (Å²) in [4.78, 5) is 23.0. The van der Waals surface area contributed by atoms with Crippen LogP contribution >= 0.6 is 11.6 Å². The minimum absolute atomic E-state index is 0.0254. The Morgan fingerprint density at radius 3 is 3.00 bits per heavy atom. The Kier molecular flexibility index (Phi) is 4.91. The van der Waals surface area contributed by atoms with Crippen molar-refractivity contribution in [2.75, 3.05) is 12.4 Å². The third kappa shape index (κ3) is 3.10. The number of carbonyl (C=O) groups excluding carboxylic acids is 1. The molecule has 0 bridgehead atoms. The van der Waals surface area contributed by atoms with Gasteiger partial charge in [-0.2, -0.15) is 5.10 Å². The summed E-state index contributed by atoms with van der Waals surface area (Å²) >= 11 is 5.90. The molecule has 6 nitrogen and oxygen atoms in total. The molecule has 0 aliphatic rings. The molecule has 1 aromatic rings. The quantitative estimate of drug-likeness (QED) is 0.640. The van der Waals surface area contributed by atoms with E-state index in [9.17, 15) is 9.59 Å². The molecule has 0 spiro atoms. The summed E-state index contributed by atoms with van der Waals surface area (Å²) in [6.45, 7) is 5.38. The maximum atomic E-state index is 11.8. The van der Waals surface area contributed by atoms with Crippen LogP contribution in [0.25, 0.3) is 0 Å². The number of rotatable bonds is 5. The second kappa shape index (κ2) is 6.20. The fourth-order valence-electron chi connectivity index (χ4n) is 1.29. The molecule has 0 saturated carbocycles. The normalized spacial score (nSPS) is 11.7. The summed E-state index contributed by atoms with van der Waals surface area (Å²) in [5.74, 6) is -0.457. The molecular formula is C11H14ClN3O3. The van der Waals surface area contributed by atoms with Gasteiger partial charge in [-0.05, 0) is 6.92 Å². The van der Waals surface area contributed by atoms with Gasteiger partial charge in [0.2, 0.25) is 0 Å². The highest BCUT2D eigenvalue weighted by molar-refractivity contribution is 6.33. The molecule has 1 heterocycles. The van der Waals surface area contributed by atoms with Gasteiger partial charge >= 0.3 is 5.97 Å². The molecule has 18 heavy (non-hydrogen) atoms. The van der Waals surface area contributed by atoms with E-state index >= 15 is 0 Å². The van der Waals surface area contributed by atoms with Gasteiger partial charge in [0.05, 0.1) is 25.5 Å². The highest BCUT2D eigenvalue weighted by Gasteiger charge is 2.16. The minimum Gasteiger partial charge on any atom is -0.467 e. The number of methoxy groups -OCH3 is 1. The molecule has 1 rings (SSSR count). The molecule has 0 aliphatic heterocycles. The van der Waals surface area contributed by atoms with Crippen molar-refractivity contribution in [2.45, 2.75) is 19.5 Å². The smallest absolute Gasteiger partial charge is 0.327 e. The maximum Gasteiger partial charge on any atom is 0.327 e. The lowest BCUT2D eigenvalue weighted by atomic mass is 10.3. The van der Waals surface area contributed by atoms with Crippen molar-refractivity contribution in [3.05, 3.63) is 34.2 Å². The van der Waals surface area contributed by atoms with Gasteiger partial charge in [-0.3, -0.25) is 4.79 Å². The second-order valence-corrected chi connectivity index (χ2v) is 3.92.